The lowest BCUT2D eigenvalue weighted by molar-refractivity contribution is -0.145. The van der Waals surface area contributed by atoms with E-state index in [1.54, 1.807) is 17.8 Å². The van der Waals surface area contributed by atoms with Crippen LogP contribution in [0.5, 0.6) is 0 Å². The quantitative estimate of drug-likeness (QED) is 0.285. The Hall–Kier alpha value is -2.49. The van der Waals surface area contributed by atoms with Gasteiger partial charge in [0, 0.05) is 30.2 Å². The van der Waals surface area contributed by atoms with E-state index in [9.17, 15) is 19.5 Å². The van der Waals surface area contributed by atoms with Crippen LogP contribution in [0.1, 0.15) is 66.4 Å². The van der Waals surface area contributed by atoms with E-state index in [2.05, 4.69) is 5.32 Å². The van der Waals surface area contributed by atoms with Crippen molar-refractivity contribution in [3.63, 3.8) is 0 Å². The number of carbonyl (C=O) groups is 3. The number of aryl methyl sites for hydroxylation is 1. The van der Waals surface area contributed by atoms with Gasteiger partial charge in [-0.1, -0.05) is 62.4 Å². The van der Waals surface area contributed by atoms with Gasteiger partial charge in [0.15, 0.2) is 0 Å². The number of rotatable bonds is 13. The second-order valence-corrected chi connectivity index (χ2v) is 13.5. The van der Waals surface area contributed by atoms with Crippen LogP contribution in [-0.2, 0) is 20.9 Å². The fraction of sp³-hybridized carbons (Fsp3) is 0.545. The molecule has 228 valence electrons. The van der Waals surface area contributed by atoms with Crippen molar-refractivity contribution in [3.8, 4) is 11.1 Å². The molecule has 2 atom stereocenters. The summed E-state index contributed by atoms with van der Waals surface area (Å²) in [6, 6.07) is 12.5. The molecule has 7 nitrogen and oxygen atoms in total. The Balaban J connectivity index is 1.57. The minimum atomic E-state index is -1.04. The summed E-state index contributed by atoms with van der Waals surface area (Å²) in [6.45, 7) is 3.79. The molecule has 1 heterocycles. The average Bonchev–Trinajstić information content (AvgIpc) is 3.01. The van der Waals surface area contributed by atoms with Crippen molar-refractivity contribution >= 4 is 41.3 Å². The number of benzene rings is 2. The summed E-state index contributed by atoms with van der Waals surface area (Å²) in [5.41, 5.74) is 3.93. The number of nitrogens with one attached hydrogen (secondary N) is 1. The number of aliphatic carboxylic acids is 1. The van der Waals surface area contributed by atoms with Crippen molar-refractivity contribution in [2.45, 2.75) is 70.6 Å². The maximum absolute atomic E-state index is 13.6. The smallest absolute Gasteiger partial charge is 0.326 e. The Morgan fingerprint density at radius 2 is 1.81 bits per heavy atom. The van der Waals surface area contributed by atoms with Crippen LogP contribution in [-0.4, -0.2) is 76.5 Å². The van der Waals surface area contributed by atoms with Gasteiger partial charge in [0.2, 0.25) is 0 Å². The van der Waals surface area contributed by atoms with Crippen LogP contribution in [0.15, 0.2) is 42.5 Å². The van der Waals surface area contributed by atoms with Crippen LogP contribution in [0.3, 0.4) is 0 Å². The molecule has 2 amide bonds. The standard InChI is InChI=1S/C33H44N2O5S2/c1-23-8-6-7-11-26(23)28-20-25(12-13-27(28)31(36)34-29(33(38)39)14-17-41-2)22-40-30(21-24-9-4-3-5-10-24)32(37)35-15-18-42-19-16-35/h6-8,11-13,20,24,29-30H,3-5,9-10,14-19,21-22H2,1-2H3,(H,34,36)(H,38,39). The maximum atomic E-state index is 13.6. The monoisotopic (exact) mass is 612 g/mol. The van der Waals surface area contributed by atoms with E-state index >= 15 is 0 Å². The van der Waals surface area contributed by atoms with Crippen molar-refractivity contribution in [2.24, 2.45) is 5.92 Å². The number of ether oxygens (including phenoxy) is 1. The lowest BCUT2D eigenvalue weighted by Gasteiger charge is -2.32. The van der Waals surface area contributed by atoms with Crippen LogP contribution < -0.4 is 5.32 Å². The third-order valence-corrected chi connectivity index (χ3v) is 9.89. The minimum absolute atomic E-state index is 0.0981. The van der Waals surface area contributed by atoms with E-state index in [4.69, 9.17) is 4.74 Å². The highest BCUT2D eigenvalue weighted by atomic mass is 32.2. The highest BCUT2D eigenvalue weighted by Crippen LogP contribution is 2.31. The number of hydrogen-bond donors (Lipinski definition) is 2. The van der Waals surface area contributed by atoms with Gasteiger partial charge >= 0.3 is 5.97 Å². The van der Waals surface area contributed by atoms with Gasteiger partial charge < -0.3 is 20.1 Å². The van der Waals surface area contributed by atoms with Gasteiger partial charge in [-0.25, -0.2) is 4.79 Å². The van der Waals surface area contributed by atoms with Crippen LogP contribution >= 0.6 is 23.5 Å². The molecule has 0 spiro atoms. The second kappa shape index (κ2) is 16.4. The molecule has 1 saturated carbocycles. The summed E-state index contributed by atoms with van der Waals surface area (Å²) in [5.74, 6) is 1.71. The number of thioether (sulfide) groups is 2. The lowest BCUT2D eigenvalue weighted by Crippen LogP contribution is -2.45. The van der Waals surface area contributed by atoms with Crippen LogP contribution in [0.25, 0.3) is 11.1 Å². The summed E-state index contributed by atoms with van der Waals surface area (Å²) in [6.07, 6.45) is 8.54. The average molecular weight is 613 g/mol. The largest absolute Gasteiger partial charge is 0.480 e. The number of carboxylic acids is 1. The first-order chi connectivity index (χ1) is 20.4. The van der Waals surface area contributed by atoms with Crippen LogP contribution in [0.4, 0.5) is 0 Å². The molecule has 0 aromatic heterocycles. The van der Waals surface area contributed by atoms with Crippen LogP contribution in [0.2, 0.25) is 0 Å². The van der Waals surface area contributed by atoms with E-state index in [0.717, 1.165) is 66.1 Å². The third-order valence-electron chi connectivity index (χ3n) is 8.30. The van der Waals surface area contributed by atoms with Gasteiger partial charge in [-0.2, -0.15) is 23.5 Å². The van der Waals surface area contributed by atoms with Gasteiger partial charge in [0.25, 0.3) is 11.8 Å². The molecule has 2 aromatic carbocycles. The maximum Gasteiger partial charge on any atom is 0.326 e. The second-order valence-electron chi connectivity index (χ2n) is 11.3. The number of carboxylic acid groups (broad SMARTS) is 1. The first-order valence-electron chi connectivity index (χ1n) is 15.1. The molecule has 0 radical (unpaired) electrons. The molecule has 2 aromatic rings. The van der Waals surface area contributed by atoms with Crippen molar-refractivity contribution in [1.82, 2.24) is 10.2 Å². The number of carbonyl (C=O) groups excluding carboxylic acids is 2. The van der Waals surface area contributed by atoms with Crippen LogP contribution in [0, 0.1) is 12.8 Å². The van der Waals surface area contributed by atoms with Gasteiger partial charge in [-0.05, 0) is 72.1 Å². The molecule has 1 saturated heterocycles. The van der Waals surface area contributed by atoms with E-state index in [-0.39, 0.29) is 12.5 Å². The minimum Gasteiger partial charge on any atom is -0.480 e. The molecular weight excluding hydrogens is 569 g/mol. The van der Waals surface area contributed by atoms with E-state index in [1.807, 2.05) is 66.2 Å². The molecule has 2 aliphatic rings. The Morgan fingerprint density at radius 3 is 2.50 bits per heavy atom. The van der Waals surface area contributed by atoms with E-state index in [1.165, 1.54) is 19.3 Å². The fourth-order valence-electron chi connectivity index (χ4n) is 5.86. The normalized spacial score (nSPS) is 17.4. The van der Waals surface area contributed by atoms with Crippen molar-refractivity contribution in [1.29, 1.82) is 0 Å². The summed E-state index contributed by atoms with van der Waals surface area (Å²) in [4.78, 5) is 40.8. The molecule has 0 bridgehead atoms. The molecule has 1 aliphatic carbocycles. The Bertz CT molecular complexity index is 1210. The number of nitrogens with zero attached hydrogens (tertiary/aromatic N) is 1. The molecule has 4 rings (SSSR count). The highest BCUT2D eigenvalue weighted by Gasteiger charge is 2.30. The topological polar surface area (TPSA) is 95.9 Å². The molecule has 9 heteroatoms. The molecule has 1 aliphatic heterocycles. The van der Waals surface area contributed by atoms with Crippen molar-refractivity contribution in [2.75, 3.05) is 36.6 Å². The Labute approximate surface area is 258 Å². The fourth-order valence-corrected chi connectivity index (χ4v) is 7.23. The Kier molecular flexibility index (Phi) is 12.6. The molecule has 2 fully saturated rings. The van der Waals surface area contributed by atoms with Gasteiger partial charge in [0.1, 0.15) is 12.1 Å². The van der Waals surface area contributed by atoms with Gasteiger partial charge in [-0.3, -0.25) is 9.59 Å². The first-order valence-corrected chi connectivity index (χ1v) is 17.6. The zero-order valence-electron chi connectivity index (χ0n) is 24.8. The van der Waals surface area contributed by atoms with Gasteiger partial charge in [-0.15, -0.1) is 0 Å². The predicted octanol–water partition coefficient (Wildman–Crippen LogP) is 6.03. The summed E-state index contributed by atoms with van der Waals surface area (Å²) in [5, 5.41) is 12.4. The third kappa shape index (κ3) is 9.01. The van der Waals surface area contributed by atoms with Gasteiger partial charge in [0.05, 0.1) is 6.61 Å². The molecule has 2 unspecified atom stereocenters. The zero-order valence-corrected chi connectivity index (χ0v) is 26.4. The number of hydrogen-bond acceptors (Lipinski definition) is 6. The highest BCUT2D eigenvalue weighted by molar-refractivity contribution is 7.99. The zero-order chi connectivity index (χ0) is 29.9. The lowest BCUT2D eigenvalue weighted by atomic mass is 9.85. The summed E-state index contributed by atoms with van der Waals surface area (Å²) < 4.78 is 6.43. The predicted molar refractivity (Wildman–Crippen MR) is 172 cm³/mol. The van der Waals surface area contributed by atoms with E-state index < -0.39 is 24.0 Å². The van der Waals surface area contributed by atoms with Crippen molar-refractivity contribution in [3.05, 3.63) is 59.2 Å². The van der Waals surface area contributed by atoms with Crippen molar-refractivity contribution < 1.29 is 24.2 Å². The van der Waals surface area contributed by atoms with E-state index in [0.29, 0.717) is 23.7 Å². The summed E-state index contributed by atoms with van der Waals surface area (Å²) >= 11 is 3.43. The summed E-state index contributed by atoms with van der Waals surface area (Å²) in [7, 11) is 0. The molecule has 2 N–H and O–H groups in total. The molecule has 42 heavy (non-hydrogen) atoms. The Morgan fingerprint density at radius 1 is 1.07 bits per heavy atom. The first kappa shape index (κ1) is 32.4. The number of amides is 2. The SMILES string of the molecule is CSCCC(NC(=O)c1ccc(COC(CC2CCCCC2)C(=O)N2CCSCC2)cc1-c1ccccc1C)C(=O)O. The molecular formula is C33H44N2O5S2.